The molecule has 1 aromatic rings. The van der Waals surface area contributed by atoms with Crippen LogP contribution >= 0.6 is 0 Å². The summed E-state index contributed by atoms with van der Waals surface area (Å²) in [6.45, 7) is 3.40. The van der Waals surface area contributed by atoms with Crippen LogP contribution in [0, 0.1) is 0 Å². The molecule has 0 aliphatic carbocycles. The molecule has 1 aromatic carbocycles. The minimum Gasteiger partial charge on any atom is -0.464 e. The lowest BCUT2D eigenvalue weighted by molar-refractivity contribution is -0.144. The first-order valence-corrected chi connectivity index (χ1v) is 7.44. The number of sulfonamides is 1. The number of ether oxygens (including phenoxy) is 1. The van der Waals surface area contributed by atoms with Crippen LogP contribution in [0.2, 0.25) is 0 Å². The minimum atomic E-state index is -3.55. The van der Waals surface area contributed by atoms with Crippen molar-refractivity contribution in [3.63, 3.8) is 0 Å². The van der Waals surface area contributed by atoms with Gasteiger partial charge in [0.1, 0.15) is 6.04 Å². The van der Waals surface area contributed by atoms with E-state index >= 15 is 0 Å². The number of hydrogen-bond donors (Lipinski definition) is 0. The van der Waals surface area contributed by atoms with Gasteiger partial charge in [-0.05, 0) is 26.0 Å². The topological polar surface area (TPSA) is 63.7 Å². The summed E-state index contributed by atoms with van der Waals surface area (Å²) < 4.78 is 29.5. The third-order valence-electron chi connectivity index (χ3n) is 2.35. The van der Waals surface area contributed by atoms with Crippen LogP contribution in [0.3, 0.4) is 0 Å². The molecular formula is C12H17NO4S. The fourth-order valence-electron chi connectivity index (χ4n) is 1.64. The quantitative estimate of drug-likeness (QED) is 0.759. The predicted molar refractivity (Wildman–Crippen MR) is 69.9 cm³/mol. The largest absolute Gasteiger partial charge is 0.464 e. The van der Waals surface area contributed by atoms with Crippen molar-refractivity contribution in [2.75, 3.05) is 17.2 Å². The Bertz CT molecular complexity index is 498. The van der Waals surface area contributed by atoms with E-state index in [9.17, 15) is 13.2 Å². The van der Waals surface area contributed by atoms with E-state index < -0.39 is 22.0 Å². The standard InChI is InChI=1S/C12H17NO4S/c1-4-17-12(14)10(2)13(18(3,15)16)11-8-6-5-7-9-11/h5-10H,4H2,1-3H3/t10-/m0/s1. The Kier molecular flexibility index (Phi) is 4.72. The third kappa shape index (κ3) is 3.46. The monoisotopic (exact) mass is 271 g/mol. The zero-order valence-corrected chi connectivity index (χ0v) is 11.5. The lowest BCUT2D eigenvalue weighted by Gasteiger charge is -2.27. The van der Waals surface area contributed by atoms with Crippen LogP contribution in [-0.2, 0) is 19.6 Å². The summed E-state index contributed by atoms with van der Waals surface area (Å²) >= 11 is 0. The first kappa shape index (κ1) is 14.5. The van der Waals surface area contributed by atoms with Gasteiger partial charge in [0.2, 0.25) is 10.0 Å². The number of rotatable bonds is 5. The second-order valence-corrected chi connectivity index (χ2v) is 5.68. The average molecular weight is 271 g/mol. The van der Waals surface area contributed by atoms with Gasteiger partial charge >= 0.3 is 5.97 Å². The Morgan fingerprint density at radius 3 is 2.33 bits per heavy atom. The van der Waals surface area contributed by atoms with Crippen molar-refractivity contribution >= 4 is 21.7 Å². The van der Waals surface area contributed by atoms with Crippen molar-refractivity contribution in [3.8, 4) is 0 Å². The number of carbonyl (C=O) groups is 1. The lowest BCUT2D eigenvalue weighted by atomic mass is 10.2. The van der Waals surface area contributed by atoms with Gasteiger partial charge in [-0.2, -0.15) is 0 Å². The van der Waals surface area contributed by atoms with E-state index in [2.05, 4.69) is 0 Å². The second kappa shape index (κ2) is 5.86. The first-order valence-electron chi connectivity index (χ1n) is 5.59. The number of carbonyl (C=O) groups excluding carboxylic acids is 1. The van der Waals surface area contributed by atoms with E-state index in [0.29, 0.717) is 5.69 Å². The molecule has 1 rings (SSSR count). The van der Waals surface area contributed by atoms with Gasteiger partial charge in [-0.3, -0.25) is 4.31 Å². The highest BCUT2D eigenvalue weighted by atomic mass is 32.2. The lowest BCUT2D eigenvalue weighted by Crippen LogP contribution is -2.43. The number of para-hydroxylation sites is 1. The molecule has 0 aromatic heterocycles. The van der Waals surface area contributed by atoms with Gasteiger partial charge in [0.15, 0.2) is 0 Å². The van der Waals surface area contributed by atoms with Crippen molar-refractivity contribution in [2.45, 2.75) is 19.9 Å². The van der Waals surface area contributed by atoms with E-state index in [1.807, 2.05) is 0 Å². The molecule has 0 N–H and O–H groups in total. The molecule has 5 nitrogen and oxygen atoms in total. The van der Waals surface area contributed by atoms with Crippen LogP contribution in [0.15, 0.2) is 30.3 Å². The molecule has 0 heterocycles. The highest BCUT2D eigenvalue weighted by Crippen LogP contribution is 2.20. The molecular weight excluding hydrogens is 254 g/mol. The van der Waals surface area contributed by atoms with Gasteiger partial charge in [0.25, 0.3) is 0 Å². The van der Waals surface area contributed by atoms with Crippen LogP contribution in [0.5, 0.6) is 0 Å². The fourth-order valence-corrected chi connectivity index (χ4v) is 2.80. The van der Waals surface area contributed by atoms with Crippen molar-refractivity contribution in [3.05, 3.63) is 30.3 Å². The summed E-state index contributed by atoms with van der Waals surface area (Å²) in [4.78, 5) is 11.7. The van der Waals surface area contributed by atoms with E-state index in [1.165, 1.54) is 6.92 Å². The van der Waals surface area contributed by atoms with Gasteiger partial charge in [-0.1, -0.05) is 18.2 Å². The maximum absolute atomic E-state index is 11.8. The van der Waals surface area contributed by atoms with Gasteiger partial charge in [0.05, 0.1) is 18.6 Å². The van der Waals surface area contributed by atoms with Gasteiger partial charge in [-0.25, -0.2) is 13.2 Å². The zero-order chi connectivity index (χ0) is 13.8. The third-order valence-corrected chi connectivity index (χ3v) is 3.59. The summed E-state index contributed by atoms with van der Waals surface area (Å²) in [6.07, 6.45) is 1.07. The van der Waals surface area contributed by atoms with Gasteiger partial charge < -0.3 is 4.74 Å². The average Bonchev–Trinajstić information content (AvgIpc) is 2.29. The van der Waals surface area contributed by atoms with Crippen LogP contribution in [0.1, 0.15) is 13.8 Å². The molecule has 100 valence electrons. The number of benzene rings is 1. The fraction of sp³-hybridized carbons (Fsp3) is 0.417. The van der Waals surface area contributed by atoms with Crippen LogP contribution in [0.4, 0.5) is 5.69 Å². The molecule has 6 heteroatoms. The van der Waals surface area contributed by atoms with Gasteiger partial charge in [0, 0.05) is 0 Å². The second-order valence-electron chi connectivity index (χ2n) is 3.82. The molecule has 0 unspecified atom stereocenters. The molecule has 0 radical (unpaired) electrons. The van der Waals surface area contributed by atoms with E-state index in [4.69, 9.17) is 4.74 Å². The van der Waals surface area contributed by atoms with Crippen molar-refractivity contribution < 1.29 is 17.9 Å². The number of hydrogen-bond acceptors (Lipinski definition) is 4. The summed E-state index contributed by atoms with van der Waals surface area (Å²) in [5.41, 5.74) is 0.445. The molecule has 0 spiro atoms. The van der Waals surface area contributed by atoms with Crippen molar-refractivity contribution in [1.29, 1.82) is 0 Å². The zero-order valence-electron chi connectivity index (χ0n) is 10.7. The summed E-state index contributed by atoms with van der Waals surface area (Å²) in [5, 5.41) is 0. The predicted octanol–water partition coefficient (Wildman–Crippen LogP) is 1.40. The summed E-state index contributed by atoms with van der Waals surface area (Å²) in [6, 6.07) is 7.59. The molecule has 1 atom stereocenters. The molecule has 0 aliphatic heterocycles. The minimum absolute atomic E-state index is 0.218. The van der Waals surface area contributed by atoms with Crippen LogP contribution < -0.4 is 4.31 Å². The Labute approximate surface area is 107 Å². The Morgan fingerprint density at radius 1 is 1.33 bits per heavy atom. The van der Waals surface area contributed by atoms with Crippen LogP contribution in [-0.4, -0.2) is 33.3 Å². The summed E-state index contributed by atoms with van der Waals surface area (Å²) in [7, 11) is -3.55. The smallest absolute Gasteiger partial charge is 0.329 e. The molecule has 18 heavy (non-hydrogen) atoms. The number of nitrogens with zero attached hydrogens (tertiary/aromatic N) is 1. The molecule has 0 saturated heterocycles. The molecule has 0 bridgehead atoms. The Morgan fingerprint density at radius 2 is 1.89 bits per heavy atom. The van der Waals surface area contributed by atoms with Crippen molar-refractivity contribution in [2.24, 2.45) is 0 Å². The maximum Gasteiger partial charge on any atom is 0.329 e. The molecule has 0 fully saturated rings. The van der Waals surface area contributed by atoms with Crippen LogP contribution in [0.25, 0.3) is 0 Å². The number of esters is 1. The van der Waals surface area contributed by atoms with E-state index in [-0.39, 0.29) is 6.61 Å². The maximum atomic E-state index is 11.8. The van der Waals surface area contributed by atoms with E-state index in [0.717, 1.165) is 10.6 Å². The summed E-state index contributed by atoms with van der Waals surface area (Å²) in [5.74, 6) is -0.563. The Balaban J connectivity index is 3.12. The molecule has 0 amide bonds. The highest BCUT2D eigenvalue weighted by molar-refractivity contribution is 7.92. The normalized spacial score (nSPS) is 12.8. The highest BCUT2D eigenvalue weighted by Gasteiger charge is 2.29. The SMILES string of the molecule is CCOC(=O)[C@H](C)N(c1ccccc1)S(C)(=O)=O. The first-order chi connectivity index (χ1) is 8.38. The van der Waals surface area contributed by atoms with Gasteiger partial charge in [-0.15, -0.1) is 0 Å². The van der Waals surface area contributed by atoms with Crippen molar-refractivity contribution in [1.82, 2.24) is 0 Å². The number of anilines is 1. The molecule has 0 aliphatic rings. The van der Waals surface area contributed by atoms with E-state index in [1.54, 1.807) is 37.3 Å². The Hall–Kier alpha value is -1.56. The molecule has 0 saturated carbocycles.